The molecule has 0 aliphatic carbocycles. The number of nitrogens with one attached hydrogen (secondary N) is 1. The normalized spacial score (nSPS) is 11.0. The average Bonchev–Trinajstić information content (AvgIpc) is 2.55. The van der Waals surface area contributed by atoms with Crippen molar-refractivity contribution in [3.8, 4) is 0 Å². The second-order valence-corrected chi connectivity index (χ2v) is 6.05. The third kappa shape index (κ3) is 4.70. The highest BCUT2D eigenvalue weighted by Crippen LogP contribution is 2.24. The van der Waals surface area contributed by atoms with Gasteiger partial charge in [-0.1, -0.05) is 43.6 Å². The Labute approximate surface area is 145 Å². The van der Waals surface area contributed by atoms with Gasteiger partial charge in [0.25, 0.3) is 5.91 Å². The number of aliphatic carboxylic acids is 1. The van der Waals surface area contributed by atoms with Crippen LogP contribution in [0.15, 0.2) is 48.5 Å². The number of carboxylic acid groups (broad SMARTS) is 1. The van der Waals surface area contributed by atoms with Crippen molar-refractivity contribution in [1.29, 1.82) is 0 Å². The van der Waals surface area contributed by atoms with Gasteiger partial charge in [0.2, 0.25) is 0 Å². The standard InChI is InChI=1S/C19H18ClNO3/c1-12(2)14-5-7-15(8-6-14)19(24)21-17-11-13(3-9-16(17)20)4-10-18(22)23/h3-12H,1-2H3,(H,21,24)(H,22,23)/b10-4+. The summed E-state index contributed by atoms with van der Waals surface area (Å²) in [6.07, 6.45) is 2.46. The minimum absolute atomic E-state index is 0.272. The maximum Gasteiger partial charge on any atom is 0.328 e. The van der Waals surface area contributed by atoms with Crippen LogP contribution in [0.25, 0.3) is 6.08 Å². The van der Waals surface area contributed by atoms with E-state index in [0.29, 0.717) is 27.8 Å². The van der Waals surface area contributed by atoms with E-state index in [9.17, 15) is 9.59 Å². The summed E-state index contributed by atoms with van der Waals surface area (Å²) >= 11 is 6.10. The van der Waals surface area contributed by atoms with Gasteiger partial charge in [-0.05, 0) is 47.4 Å². The van der Waals surface area contributed by atoms with Gasteiger partial charge >= 0.3 is 5.97 Å². The van der Waals surface area contributed by atoms with E-state index in [0.717, 1.165) is 11.6 Å². The lowest BCUT2D eigenvalue weighted by atomic mass is 10.0. The van der Waals surface area contributed by atoms with Crippen LogP contribution in [-0.2, 0) is 4.79 Å². The number of rotatable bonds is 5. The summed E-state index contributed by atoms with van der Waals surface area (Å²) in [5, 5.41) is 11.8. The van der Waals surface area contributed by atoms with Gasteiger partial charge < -0.3 is 10.4 Å². The number of hydrogen-bond acceptors (Lipinski definition) is 2. The van der Waals surface area contributed by atoms with Gasteiger partial charge in [-0.25, -0.2) is 4.79 Å². The summed E-state index contributed by atoms with van der Waals surface area (Å²) < 4.78 is 0. The fourth-order valence-corrected chi connectivity index (χ4v) is 2.29. The van der Waals surface area contributed by atoms with Crippen molar-refractivity contribution in [2.45, 2.75) is 19.8 Å². The Kier molecular flexibility index (Phi) is 5.77. The summed E-state index contributed by atoms with van der Waals surface area (Å²) in [5.74, 6) is -0.915. The van der Waals surface area contributed by atoms with Crippen LogP contribution in [0, 0.1) is 0 Å². The molecule has 0 radical (unpaired) electrons. The summed E-state index contributed by atoms with van der Waals surface area (Å²) in [7, 11) is 0. The van der Waals surface area contributed by atoms with Crippen LogP contribution in [0.1, 0.15) is 41.3 Å². The molecule has 0 aromatic heterocycles. The van der Waals surface area contributed by atoms with Crippen molar-refractivity contribution in [1.82, 2.24) is 0 Å². The van der Waals surface area contributed by atoms with Gasteiger partial charge in [-0.3, -0.25) is 4.79 Å². The van der Waals surface area contributed by atoms with Gasteiger partial charge in [-0.15, -0.1) is 0 Å². The maximum atomic E-state index is 12.3. The SMILES string of the molecule is CC(C)c1ccc(C(=O)Nc2cc(/C=C/C(=O)O)ccc2Cl)cc1. The number of hydrogen-bond donors (Lipinski definition) is 2. The van der Waals surface area contributed by atoms with E-state index in [4.69, 9.17) is 16.7 Å². The van der Waals surface area contributed by atoms with E-state index in [1.165, 1.54) is 6.08 Å². The summed E-state index contributed by atoms with van der Waals surface area (Å²) in [4.78, 5) is 22.9. The van der Waals surface area contributed by atoms with Crippen LogP contribution in [-0.4, -0.2) is 17.0 Å². The van der Waals surface area contributed by atoms with Crippen molar-refractivity contribution in [3.63, 3.8) is 0 Å². The highest BCUT2D eigenvalue weighted by atomic mass is 35.5. The van der Waals surface area contributed by atoms with Crippen LogP contribution in [0.5, 0.6) is 0 Å². The molecule has 5 heteroatoms. The zero-order valence-electron chi connectivity index (χ0n) is 13.4. The predicted molar refractivity (Wildman–Crippen MR) is 96.6 cm³/mol. The fourth-order valence-electron chi connectivity index (χ4n) is 2.12. The molecule has 0 saturated heterocycles. The molecule has 2 rings (SSSR count). The van der Waals surface area contributed by atoms with Crippen LogP contribution < -0.4 is 5.32 Å². The van der Waals surface area contributed by atoms with Crippen LogP contribution in [0.2, 0.25) is 5.02 Å². The first-order valence-electron chi connectivity index (χ1n) is 7.48. The minimum atomic E-state index is -1.04. The van der Waals surface area contributed by atoms with Crippen LogP contribution >= 0.6 is 11.6 Å². The zero-order valence-corrected chi connectivity index (χ0v) is 14.2. The first kappa shape index (κ1) is 17.8. The molecule has 24 heavy (non-hydrogen) atoms. The minimum Gasteiger partial charge on any atom is -0.478 e. The smallest absolute Gasteiger partial charge is 0.328 e. The molecule has 2 aromatic carbocycles. The van der Waals surface area contributed by atoms with Gasteiger partial charge in [0, 0.05) is 11.6 Å². The monoisotopic (exact) mass is 343 g/mol. The third-order valence-corrected chi connectivity index (χ3v) is 3.83. The highest BCUT2D eigenvalue weighted by molar-refractivity contribution is 6.34. The lowest BCUT2D eigenvalue weighted by Crippen LogP contribution is -2.12. The molecule has 0 saturated carbocycles. The van der Waals surface area contributed by atoms with Crippen molar-refractivity contribution in [3.05, 3.63) is 70.3 Å². The van der Waals surface area contributed by atoms with Gasteiger partial charge in [0.05, 0.1) is 10.7 Å². The number of carboxylic acids is 1. The molecule has 0 heterocycles. The maximum absolute atomic E-state index is 12.3. The highest BCUT2D eigenvalue weighted by Gasteiger charge is 2.09. The average molecular weight is 344 g/mol. The predicted octanol–water partition coefficient (Wildman–Crippen LogP) is 4.81. The van der Waals surface area contributed by atoms with Crippen LogP contribution in [0.4, 0.5) is 5.69 Å². The number of benzene rings is 2. The first-order valence-corrected chi connectivity index (χ1v) is 7.86. The second kappa shape index (κ2) is 7.79. The lowest BCUT2D eigenvalue weighted by molar-refractivity contribution is -0.131. The third-order valence-electron chi connectivity index (χ3n) is 3.50. The number of anilines is 1. The molecule has 1 amide bonds. The molecular weight excluding hydrogens is 326 g/mol. The molecular formula is C19H18ClNO3. The van der Waals surface area contributed by atoms with E-state index in [1.54, 1.807) is 30.3 Å². The molecule has 2 aromatic rings. The van der Waals surface area contributed by atoms with Gasteiger partial charge in [0.15, 0.2) is 0 Å². The second-order valence-electron chi connectivity index (χ2n) is 5.64. The quantitative estimate of drug-likeness (QED) is 0.765. The molecule has 0 aliphatic rings. The molecule has 0 bridgehead atoms. The largest absolute Gasteiger partial charge is 0.478 e. The van der Waals surface area contributed by atoms with E-state index in [1.807, 2.05) is 12.1 Å². The molecule has 0 atom stereocenters. The Bertz CT molecular complexity index is 780. The number of amides is 1. The fraction of sp³-hybridized carbons (Fsp3) is 0.158. The zero-order chi connectivity index (χ0) is 17.7. The Morgan fingerprint density at radius 3 is 2.38 bits per heavy atom. The van der Waals surface area contributed by atoms with E-state index in [-0.39, 0.29) is 5.91 Å². The van der Waals surface area contributed by atoms with Gasteiger partial charge in [-0.2, -0.15) is 0 Å². The lowest BCUT2D eigenvalue weighted by Gasteiger charge is -2.10. The molecule has 124 valence electrons. The van der Waals surface area contributed by atoms with Crippen molar-refractivity contribution in [2.75, 3.05) is 5.32 Å². The molecule has 0 unspecified atom stereocenters. The first-order chi connectivity index (χ1) is 11.4. The van der Waals surface area contributed by atoms with E-state index < -0.39 is 5.97 Å². The van der Waals surface area contributed by atoms with E-state index >= 15 is 0 Å². The Balaban J connectivity index is 2.18. The Hall–Kier alpha value is -2.59. The molecule has 0 spiro atoms. The molecule has 2 N–H and O–H groups in total. The molecule has 4 nitrogen and oxygen atoms in total. The molecule has 0 fully saturated rings. The van der Waals surface area contributed by atoms with Crippen molar-refractivity contribution < 1.29 is 14.7 Å². The summed E-state index contributed by atoms with van der Waals surface area (Å²) in [6.45, 7) is 4.18. The number of halogens is 1. The topological polar surface area (TPSA) is 66.4 Å². The number of carbonyl (C=O) groups is 2. The Morgan fingerprint density at radius 1 is 1.12 bits per heavy atom. The Morgan fingerprint density at radius 2 is 1.79 bits per heavy atom. The van der Waals surface area contributed by atoms with E-state index in [2.05, 4.69) is 19.2 Å². The van der Waals surface area contributed by atoms with Crippen molar-refractivity contribution >= 4 is 35.2 Å². The number of carbonyl (C=O) groups excluding carboxylic acids is 1. The molecule has 0 aliphatic heterocycles. The van der Waals surface area contributed by atoms with Crippen molar-refractivity contribution in [2.24, 2.45) is 0 Å². The summed E-state index contributed by atoms with van der Waals surface area (Å²) in [6, 6.07) is 12.3. The summed E-state index contributed by atoms with van der Waals surface area (Å²) in [5.41, 5.74) is 2.75. The van der Waals surface area contributed by atoms with Gasteiger partial charge in [0.1, 0.15) is 0 Å². The van der Waals surface area contributed by atoms with Crippen LogP contribution in [0.3, 0.4) is 0 Å².